The SMILES string of the molecule is CC#CCOC[Si](C)(C)C. The quantitative estimate of drug-likeness (QED) is 0.344. The van der Waals surface area contributed by atoms with Crippen LogP contribution >= 0.6 is 0 Å². The van der Waals surface area contributed by atoms with Crippen LogP contribution in [0.15, 0.2) is 0 Å². The van der Waals surface area contributed by atoms with E-state index in [9.17, 15) is 0 Å². The zero-order chi connectivity index (χ0) is 8.04. The van der Waals surface area contributed by atoms with Crippen LogP contribution in [0.25, 0.3) is 0 Å². The van der Waals surface area contributed by atoms with E-state index in [0.717, 1.165) is 6.23 Å². The van der Waals surface area contributed by atoms with Crippen LogP contribution in [0.1, 0.15) is 6.92 Å². The highest BCUT2D eigenvalue weighted by molar-refractivity contribution is 6.76. The van der Waals surface area contributed by atoms with Crippen molar-refractivity contribution in [2.24, 2.45) is 0 Å². The second kappa shape index (κ2) is 4.54. The smallest absolute Gasteiger partial charge is 0.107 e. The van der Waals surface area contributed by atoms with Gasteiger partial charge >= 0.3 is 0 Å². The van der Waals surface area contributed by atoms with Gasteiger partial charge in [0.1, 0.15) is 6.61 Å². The fourth-order valence-corrected chi connectivity index (χ4v) is 1.19. The molecule has 0 amide bonds. The third-order valence-electron chi connectivity index (χ3n) is 0.886. The van der Waals surface area contributed by atoms with Crippen LogP contribution in [0.5, 0.6) is 0 Å². The zero-order valence-corrected chi connectivity index (χ0v) is 8.32. The standard InChI is InChI=1S/C8H16OSi/c1-5-6-7-9-8-10(2,3)4/h7-8H2,1-4H3. The maximum Gasteiger partial charge on any atom is 0.107 e. The van der Waals surface area contributed by atoms with Crippen molar-refractivity contribution in [3.05, 3.63) is 0 Å². The normalized spacial score (nSPS) is 10.4. The summed E-state index contributed by atoms with van der Waals surface area (Å²) in [6.07, 6.45) is 0.918. The number of hydrogen-bond acceptors (Lipinski definition) is 1. The van der Waals surface area contributed by atoms with Crippen molar-refractivity contribution < 1.29 is 4.74 Å². The molecular formula is C8H16OSi. The third-order valence-corrected chi connectivity index (χ3v) is 1.96. The molecule has 1 nitrogen and oxygen atoms in total. The van der Waals surface area contributed by atoms with Crippen molar-refractivity contribution in [1.29, 1.82) is 0 Å². The van der Waals surface area contributed by atoms with Gasteiger partial charge in [-0.15, -0.1) is 5.92 Å². The molecule has 0 aliphatic rings. The van der Waals surface area contributed by atoms with Gasteiger partial charge in [-0.3, -0.25) is 0 Å². The second-order valence-corrected chi connectivity index (χ2v) is 8.89. The highest BCUT2D eigenvalue weighted by atomic mass is 28.3. The monoisotopic (exact) mass is 156 g/mol. The molecule has 0 bridgehead atoms. The Kier molecular flexibility index (Phi) is 4.42. The van der Waals surface area contributed by atoms with Crippen molar-refractivity contribution in [2.75, 3.05) is 12.8 Å². The summed E-state index contributed by atoms with van der Waals surface area (Å²) in [5, 5.41) is 0. The maximum atomic E-state index is 5.33. The van der Waals surface area contributed by atoms with Crippen LogP contribution in [0.4, 0.5) is 0 Å². The molecular weight excluding hydrogens is 140 g/mol. The van der Waals surface area contributed by atoms with Crippen molar-refractivity contribution in [3.8, 4) is 11.8 Å². The van der Waals surface area contributed by atoms with Gasteiger partial charge < -0.3 is 4.74 Å². The Balaban J connectivity index is 3.26. The summed E-state index contributed by atoms with van der Waals surface area (Å²) in [6.45, 7) is 9.28. The Hall–Kier alpha value is -0.263. The molecule has 0 aromatic carbocycles. The van der Waals surface area contributed by atoms with Crippen molar-refractivity contribution in [3.63, 3.8) is 0 Å². The maximum absolute atomic E-state index is 5.33. The topological polar surface area (TPSA) is 9.23 Å². The number of hydrogen-bond donors (Lipinski definition) is 0. The van der Waals surface area contributed by atoms with Gasteiger partial charge in [0.2, 0.25) is 0 Å². The first-order valence-electron chi connectivity index (χ1n) is 3.53. The molecule has 0 unspecified atom stereocenters. The molecule has 0 radical (unpaired) electrons. The lowest BCUT2D eigenvalue weighted by Gasteiger charge is -2.13. The van der Waals surface area contributed by atoms with E-state index >= 15 is 0 Å². The third kappa shape index (κ3) is 7.74. The van der Waals surface area contributed by atoms with Gasteiger partial charge in [-0.2, -0.15) is 0 Å². The molecule has 0 aliphatic heterocycles. The molecule has 0 heterocycles. The van der Waals surface area contributed by atoms with E-state index in [1.54, 1.807) is 0 Å². The van der Waals surface area contributed by atoms with Crippen LogP contribution in [0.3, 0.4) is 0 Å². The van der Waals surface area contributed by atoms with Crippen molar-refractivity contribution in [1.82, 2.24) is 0 Å². The van der Waals surface area contributed by atoms with Gasteiger partial charge in [0.05, 0.1) is 8.07 Å². The number of ether oxygens (including phenoxy) is 1. The summed E-state index contributed by atoms with van der Waals surface area (Å²) in [5.41, 5.74) is 0. The lowest BCUT2D eigenvalue weighted by molar-refractivity contribution is 0.211. The van der Waals surface area contributed by atoms with Crippen LogP contribution in [0, 0.1) is 11.8 Å². The Morgan fingerprint density at radius 1 is 1.30 bits per heavy atom. The predicted octanol–water partition coefficient (Wildman–Crippen LogP) is 1.90. The van der Waals surface area contributed by atoms with E-state index in [2.05, 4.69) is 31.5 Å². The first kappa shape index (κ1) is 9.74. The molecule has 58 valence electrons. The number of rotatable bonds is 3. The highest BCUT2D eigenvalue weighted by Gasteiger charge is 2.11. The van der Waals surface area contributed by atoms with E-state index in [4.69, 9.17) is 4.74 Å². The lowest BCUT2D eigenvalue weighted by Crippen LogP contribution is -2.28. The van der Waals surface area contributed by atoms with Crippen LogP contribution in [-0.2, 0) is 4.74 Å². The minimum absolute atomic E-state index is 0.598. The Bertz CT molecular complexity index is 136. The minimum atomic E-state index is -0.997. The molecule has 10 heavy (non-hydrogen) atoms. The van der Waals surface area contributed by atoms with Gasteiger partial charge in [0.15, 0.2) is 0 Å². The molecule has 0 rings (SSSR count). The van der Waals surface area contributed by atoms with E-state index in [-0.39, 0.29) is 0 Å². The van der Waals surface area contributed by atoms with Gasteiger partial charge in [-0.25, -0.2) is 0 Å². The second-order valence-electron chi connectivity index (χ2n) is 3.48. The van der Waals surface area contributed by atoms with Gasteiger partial charge in [0.25, 0.3) is 0 Å². The zero-order valence-electron chi connectivity index (χ0n) is 7.32. The fraction of sp³-hybridized carbons (Fsp3) is 0.750. The van der Waals surface area contributed by atoms with Crippen molar-refractivity contribution in [2.45, 2.75) is 26.6 Å². The summed E-state index contributed by atoms with van der Waals surface area (Å²) in [5.74, 6) is 5.67. The molecule has 0 N–H and O–H groups in total. The average molecular weight is 156 g/mol. The van der Waals surface area contributed by atoms with E-state index in [1.165, 1.54) is 0 Å². The summed E-state index contributed by atoms with van der Waals surface area (Å²) < 4.78 is 5.33. The van der Waals surface area contributed by atoms with Crippen LogP contribution in [0.2, 0.25) is 19.6 Å². The fourth-order valence-electron chi connectivity index (χ4n) is 0.480. The minimum Gasteiger partial charge on any atom is -0.372 e. The van der Waals surface area contributed by atoms with Crippen molar-refractivity contribution >= 4 is 8.07 Å². The van der Waals surface area contributed by atoms with Gasteiger partial charge in [0, 0.05) is 6.23 Å². The molecule has 0 saturated carbocycles. The summed E-state index contributed by atoms with van der Waals surface area (Å²) in [6, 6.07) is 0. The largest absolute Gasteiger partial charge is 0.372 e. The Morgan fingerprint density at radius 2 is 1.90 bits per heavy atom. The molecule has 0 aliphatic carbocycles. The molecule has 0 atom stereocenters. The lowest BCUT2D eigenvalue weighted by atomic mass is 10.6. The molecule has 0 saturated heterocycles. The molecule has 0 spiro atoms. The van der Waals surface area contributed by atoms with Gasteiger partial charge in [-0.1, -0.05) is 25.6 Å². The van der Waals surface area contributed by atoms with E-state index in [0.29, 0.717) is 6.61 Å². The average Bonchev–Trinajstić information content (AvgIpc) is 1.78. The predicted molar refractivity (Wildman–Crippen MR) is 47.6 cm³/mol. The van der Waals surface area contributed by atoms with E-state index in [1.807, 2.05) is 6.92 Å². The van der Waals surface area contributed by atoms with Crippen LogP contribution < -0.4 is 0 Å². The Labute approximate surface area is 64.8 Å². The van der Waals surface area contributed by atoms with E-state index < -0.39 is 8.07 Å². The molecule has 0 aromatic heterocycles. The first-order chi connectivity index (χ1) is 4.56. The summed E-state index contributed by atoms with van der Waals surface area (Å²) in [7, 11) is -0.997. The Morgan fingerprint density at radius 3 is 2.30 bits per heavy atom. The molecule has 0 aromatic rings. The summed E-state index contributed by atoms with van der Waals surface area (Å²) in [4.78, 5) is 0. The molecule has 0 fully saturated rings. The van der Waals surface area contributed by atoms with Gasteiger partial charge in [-0.05, 0) is 6.92 Å². The molecule has 2 heteroatoms. The summed E-state index contributed by atoms with van der Waals surface area (Å²) >= 11 is 0. The highest BCUT2D eigenvalue weighted by Crippen LogP contribution is 1.99. The van der Waals surface area contributed by atoms with Crippen LogP contribution in [-0.4, -0.2) is 20.9 Å². The first-order valence-corrected chi connectivity index (χ1v) is 7.24.